The maximum Gasteiger partial charge on any atom is 0.335 e. The van der Waals surface area contributed by atoms with Crippen molar-refractivity contribution in [2.45, 2.75) is 43.4 Å². The second kappa shape index (κ2) is 6.94. The molecule has 2 aliphatic carbocycles. The molecule has 26 heavy (non-hydrogen) atoms. The summed E-state index contributed by atoms with van der Waals surface area (Å²) in [5, 5.41) is 9.40. The Hall–Kier alpha value is -1.44. The second-order valence-corrected chi connectivity index (χ2v) is 9.68. The summed E-state index contributed by atoms with van der Waals surface area (Å²) in [6.45, 7) is 3.58. The predicted molar refractivity (Wildman–Crippen MR) is 98.0 cm³/mol. The minimum absolute atomic E-state index is 0.0802. The van der Waals surface area contributed by atoms with E-state index in [9.17, 15) is 18.3 Å². The first-order valence-corrected chi connectivity index (χ1v) is 11.0. The highest BCUT2D eigenvalue weighted by Gasteiger charge is 2.34. The fourth-order valence-corrected chi connectivity index (χ4v) is 5.88. The number of piperazine rings is 1. The van der Waals surface area contributed by atoms with E-state index in [2.05, 4.69) is 4.90 Å². The van der Waals surface area contributed by atoms with Crippen molar-refractivity contribution in [3.8, 4) is 0 Å². The Morgan fingerprint density at radius 1 is 1.08 bits per heavy atom. The molecule has 3 aliphatic rings. The Kier molecular flexibility index (Phi) is 4.79. The van der Waals surface area contributed by atoms with Crippen molar-refractivity contribution >= 4 is 16.0 Å². The van der Waals surface area contributed by atoms with Gasteiger partial charge in [-0.1, -0.05) is 0 Å². The van der Waals surface area contributed by atoms with Gasteiger partial charge in [0.05, 0.1) is 10.5 Å². The molecule has 0 unspecified atom stereocenters. The second-order valence-electron chi connectivity index (χ2n) is 7.77. The number of carbonyl (C=O) groups is 1. The topological polar surface area (TPSA) is 77.9 Å². The third kappa shape index (κ3) is 3.52. The highest BCUT2D eigenvalue weighted by atomic mass is 32.2. The summed E-state index contributed by atoms with van der Waals surface area (Å²) in [5.74, 6) is -0.262. The lowest BCUT2D eigenvalue weighted by molar-refractivity contribution is 0.0696. The summed E-state index contributed by atoms with van der Waals surface area (Å²) in [6, 6.07) is 3.03. The molecule has 0 aromatic heterocycles. The van der Waals surface area contributed by atoms with Gasteiger partial charge in [0, 0.05) is 32.7 Å². The molecule has 1 aromatic carbocycles. The highest BCUT2D eigenvalue weighted by Crippen LogP contribution is 2.32. The molecule has 4 rings (SSSR count). The van der Waals surface area contributed by atoms with Crippen LogP contribution >= 0.6 is 0 Å². The Labute approximate surface area is 154 Å². The average Bonchev–Trinajstić information content (AvgIpc) is 3.45. The smallest absolute Gasteiger partial charge is 0.335 e. The molecule has 1 aliphatic heterocycles. The fraction of sp³-hybridized carbons (Fsp3) is 0.632. The monoisotopic (exact) mass is 378 g/mol. The largest absolute Gasteiger partial charge is 0.478 e. The van der Waals surface area contributed by atoms with Crippen LogP contribution in [0, 0.1) is 5.92 Å². The van der Waals surface area contributed by atoms with E-state index >= 15 is 0 Å². The third-order valence-corrected chi connectivity index (χ3v) is 7.80. The zero-order valence-corrected chi connectivity index (χ0v) is 15.8. The number of sulfonamides is 1. The molecule has 0 amide bonds. The number of aromatic carboxylic acids is 1. The number of hydrogen-bond donors (Lipinski definition) is 1. The lowest BCUT2D eigenvalue weighted by Crippen LogP contribution is -2.49. The molecule has 6 nitrogen and oxygen atoms in total. The molecular formula is C19H26N2O4S. The van der Waals surface area contributed by atoms with Gasteiger partial charge in [0.1, 0.15) is 0 Å². The van der Waals surface area contributed by atoms with E-state index in [1.807, 2.05) is 0 Å². The molecule has 1 saturated carbocycles. The van der Waals surface area contributed by atoms with E-state index in [1.165, 1.54) is 18.9 Å². The Morgan fingerprint density at radius 3 is 2.42 bits per heavy atom. The number of fused-ring (bicyclic) bond motifs is 1. The number of benzene rings is 1. The molecule has 1 aromatic rings. The zero-order chi connectivity index (χ0) is 18.3. The van der Waals surface area contributed by atoms with E-state index in [0.29, 0.717) is 19.5 Å². The van der Waals surface area contributed by atoms with Crippen LogP contribution in [0.4, 0.5) is 0 Å². The van der Waals surface area contributed by atoms with Crippen molar-refractivity contribution in [1.29, 1.82) is 0 Å². The van der Waals surface area contributed by atoms with Crippen LogP contribution in [0.1, 0.15) is 47.2 Å². The zero-order valence-electron chi connectivity index (χ0n) is 15.0. The molecule has 0 atom stereocenters. The standard InChI is InChI=1S/C19H26N2O4S/c22-19(23)16-11-15-3-1-2-4-17(15)18(12-16)26(24,25)21-9-7-20(8-10-21)13-14-5-6-14/h11-12,14H,1-10,13H2,(H,22,23). The molecule has 1 heterocycles. The lowest BCUT2D eigenvalue weighted by atomic mass is 9.90. The van der Waals surface area contributed by atoms with Crippen molar-refractivity contribution in [1.82, 2.24) is 9.21 Å². The average molecular weight is 378 g/mol. The van der Waals surface area contributed by atoms with Gasteiger partial charge in [-0.15, -0.1) is 0 Å². The van der Waals surface area contributed by atoms with Crippen molar-refractivity contribution in [2.24, 2.45) is 5.92 Å². The van der Waals surface area contributed by atoms with Crippen LogP contribution in [0.15, 0.2) is 17.0 Å². The highest BCUT2D eigenvalue weighted by molar-refractivity contribution is 7.89. The van der Waals surface area contributed by atoms with Crippen LogP contribution in [-0.4, -0.2) is 61.4 Å². The Morgan fingerprint density at radius 2 is 1.77 bits per heavy atom. The van der Waals surface area contributed by atoms with E-state index in [-0.39, 0.29) is 10.5 Å². The Bertz CT molecular complexity index is 809. The van der Waals surface area contributed by atoms with Gasteiger partial charge in [0.2, 0.25) is 10.0 Å². The number of carboxylic acids is 1. The van der Waals surface area contributed by atoms with E-state index in [4.69, 9.17) is 0 Å². The summed E-state index contributed by atoms with van der Waals surface area (Å²) in [7, 11) is -3.65. The summed E-state index contributed by atoms with van der Waals surface area (Å²) >= 11 is 0. The van der Waals surface area contributed by atoms with Crippen LogP contribution in [-0.2, 0) is 22.9 Å². The van der Waals surface area contributed by atoms with E-state index in [1.54, 1.807) is 10.4 Å². The van der Waals surface area contributed by atoms with Crippen molar-refractivity contribution in [2.75, 3.05) is 32.7 Å². The molecular weight excluding hydrogens is 352 g/mol. The first kappa shape index (κ1) is 17.9. The first-order chi connectivity index (χ1) is 12.4. The quantitative estimate of drug-likeness (QED) is 0.848. The minimum Gasteiger partial charge on any atom is -0.478 e. The van der Waals surface area contributed by atoms with Crippen LogP contribution in [0.5, 0.6) is 0 Å². The van der Waals surface area contributed by atoms with Gasteiger partial charge in [0.15, 0.2) is 0 Å². The molecule has 142 valence electrons. The predicted octanol–water partition coefficient (Wildman–Crippen LogP) is 1.98. The molecule has 1 saturated heterocycles. The third-order valence-electron chi connectivity index (χ3n) is 5.83. The number of rotatable bonds is 5. The van der Waals surface area contributed by atoms with Crippen LogP contribution in [0.2, 0.25) is 0 Å². The molecule has 0 bridgehead atoms. The fourth-order valence-electron chi connectivity index (χ4n) is 4.14. The summed E-state index contributed by atoms with van der Waals surface area (Å²) in [6.07, 6.45) is 6.01. The number of nitrogens with zero attached hydrogens (tertiary/aromatic N) is 2. The number of hydrogen-bond acceptors (Lipinski definition) is 4. The Balaban J connectivity index is 1.61. The van der Waals surface area contributed by atoms with Crippen molar-refractivity contribution in [3.05, 3.63) is 28.8 Å². The lowest BCUT2D eigenvalue weighted by Gasteiger charge is -2.34. The van der Waals surface area contributed by atoms with Crippen molar-refractivity contribution in [3.63, 3.8) is 0 Å². The number of carboxylic acid groups (broad SMARTS) is 1. The molecule has 0 spiro atoms. The summed E-state index contributed by atoms with van der Waals surface area (Å²) in [5.41, 5.74) is 1.81. The summed E-state index contributed by atoms with van der Waals surface area (Å²) in [4.78, 5) is 14.1. The first-order valence-electron chi connectivity index (χ1n) is 9.57. The summed E-state index contributed by atoms with van der Waals surface area (Å²) < 4.78 is 28.1. The minimum atomic E-state index is -3.65. The molecule has 0 radical (unpaired) electrons. The molecule has 7 heteroatoms. The maximum absolute atomic E-state index is 13.3. The van der Waals surface area contributed by atoms with E-state index in [0.717, 1.165) is 55.9 Å². The number of aryl methyl sites for hydroxylation is 1. The van der Waals surface area contributed by atoms with Gasteiger partial charge in [-0.05, 0) is 67.7 Å². The van der Waals surface area contributed by atoms with Crippen molar-refractivity contribution < 1.29 is 18.3 Å². The van der Waals surface area contributed by atoms with Gasteiger partial charge in [-0.3, -0.25) is 0 Å². The molecule has 2 fully saturated rings. The molecule has 1 N–H and O–H groups in total. The van der Waals surface area contributed by atoms with Gasteiger partial charge in [-0.25, -0.2) is 13.2 Å². The van der Waals surface area contributed by atoms with Gasteiger partial charge in [0.25, 0.3) is 0 Å². The maximum atomic E-state index is 13.3. The van der Waals surface area contributed by atoms with Gasteiger partial charge >= 0.3 is 5.97 Å². The van der Waals surface area contributed by atoms with E-state index < -0.39 is 16.0 Å². The van der Waals surface area contributed by atoms with Crippen LogP contribution in [0.3, 0.4) is 0 Å². The SMILES string of the molecule is O=C(O)c1cc2c(c(S(=O)(=O)N3CCN(CC4CC4)CC3)c1)CCCC2. The van der Waals surface area contributed by atoms with Crippen LogP contribution in [0.25, 0.3) is 0 Å². The van der Waals surface area contributed by atoms with Gasteiger partial charge < -0.3 is 10.0 Å². The van der Waals surface area contributed by atoms with Gasteiger partial charge in [-0.2, -0.15) is 4.31 Å². The normalized spacial score (nSPS) is 22.2. The van der Waals surface area contributed by atoms with Crippen LogP contribution < -0.4 is 0 Å².